The summed E-state index contributed by atoms with van der Waals surface area (Å²) >= 11 is 0. The quantitative estimate of drug-likeness (QED) is 0.685. The number of morpholine rings is 2. The molecule has 2 saturated heterocycles. The van der Waals surface area contributed by atoms with Crippen molar-refractivity contribution in [2.24, 2.45) is 0 Å². The van der Waals surface area contributed by atoms with Crippen LogP contribution in [0, 0.1) is 0 Å². The molecule has 136 valence electrons. The van der Waals surface area contributed by atoms with Crippen LogP contribution in [0.1, 0.15) is 40.5 Å². The molecule has 5 heteroatoms. The fraction of sp³-hybridized carbons (Fsp3) is 1.00. The van der Waals surface area contributed by atoms with Crippen molar-refractivity contribution in [3.63, 3.8) is 0 Å². The fourth-order valence-corrected chi connectivity index (χ4v) is 3.71. The molecule has 2 aliphatic rings. The highest BCUT2D eigenvalue weighted by atomic mass is 16.5. The Hall–Kier alpha value is -0.200. The third kappa shape index (κ3) is 6.67. The zero-order valence-electron chi connectivity index (χ0n) is 15.6. The maximum absolute atomic E-state index is 6.06. The van der Waals surface area contributed by atoms with Crippen molar-refractivity contribution in [3.8, 4) is 0 Å². The monoisotopic (exact) mass is 327 g/mol. The van der Waals surface area contributed by atoms with Gasteiger partial charge in [-0.2, -0.15) is 0 Å². The first-order chi connectivity index (χ1) is 11.1. The molecule has 0 aromatic rings. The van der Waals surface area contributed by atoms with Crippen molar-refractivity contribution < 1.29 is 9.47 Å². The minimum Gasteiger partial charge on any atom is -0.373 e. The average molecular weight is 328 g/mol. The molecule has 1 N–H and O–H groups in total. The van der Waals surface area contributed by atoms with Gasteiger partial charge in [-0.1, -0.05) is 13.8 Å². The molecule has 2 rings (SSSR count). The minimum absolute atomic E-state index is 0.365. The molecule has 2 aliphatic heterocycles. The first kappa shape index (κ1) is 19.1. The first-order valence-electron chi connectivity index (χ1n) is 9.57. The van der Waals surface area contributed by atoms with E-state index in [0.717, 1.165) is 65.2 Å². The lowest BCUT2D eigenvalue weighted by Gasteiger charge is -2.38. The Bertz CT molecular complexity index is 307. The van der Waals surface area contributed by atoms with Crippen molar-refractivity contribution in [2.45, 2.75) is 65.0 Å². The van der Waals surface area contributed by atoms with E-state index in [0.29, 0.717) is 24.4 Å². The molecule has 4 atom stereocenters. The largest absolute Gasteiger partial charge is 0.373 e. The molecule has 0 radical (unpaired) electrons. The van der Waals surface area contributed by atoms with Gasteiger partial charge in [-0.15, -0.1) is 0 Å². The summed E-state index contributed by atoms with van der Waals surface area (Å²) in [7, 11) is 0. The minimum atomic E-state index is 0.365. The summed E-state index contributed by atoms with van der Waals surface area (Å²) in [6.45, 7) is 17.5. The Labute approximate surface area is 142 Å². The Kier molecular flexibility index (Phi) is 8.27. The van der Waals surface area contributed by atoms with Crippen LogP contribution < -0.4 is 5.32 Å². The molecule has 2 heterocycles. The molecule has 0 aliphatic carbocycles. The second-order valence-corrected chi connectivity index (χ2v) is 7.22. The van der Waals surface area contributed by atoms with Gasteiger partial charge in [-0.05, 0) is 26.7 Å². The predicted molar refractivity (Wildman–Crippen MR) is 95.0 cm³/mol. The Morgan fingerprint density at radius 3 is 1.74 bits per heavy atom. The Balaban J connectivity index is 1.58. The summed E-state index contributed by atoms with van der Waals surface area (Å²) in [6, 6.07) is 0. The van der Waals surface area contributed by atoms with Gasteiger partial charge in [-0.3, -0.25) is 9.80 Å². The lowest BCUT2D eigenvalue weighted by atomic mass is 10.1. The maximum atomic E-state index is 6.06. The van der Waals surface area contributed by atoms with Gasteiger partial charge in [0.2, 0.25) is 0 Å². The van der Waals surface area contributed by atoms with Crippen LogP contribution in [0.5, 0.6) is 0 Å². The summed E-state index contributed by atoms with van der Waals surface area (Å²) in [5.74, 6) is 0. The van der Waals surface area contributed by atoms with Crippen molar-refractivity contribution in [1.29, 1.82) is 0 Å². The van der Waals surface area contributed by atoms with E-state index in [1.807, 2.05) is 0 Å². The second kappa shape index (κ2) is 9.94. The van der Waals surface area contributed by atoms with Crippen LogP contribution in [-0.4, -0.2) is 86.6 Å². The van der Waals surface area contributed by atoms with Crippen LogP contribution in [0.25, 0.3) is 0 Å². The summed E-state index contributed by atoms with van der Waals surface area (Å²) in [4.78, 5) is 5.08. The zero-order valence-corrected chi connectivity index (χ0v) is 15.6. The number of nitrogens with zero attached hydrogens (tertiary/aromatic N) is 2. The topological polar surface area (TPSA) is 37.0 Å². The first-order valence-corrected chi connectivity index (χ1v) is 9.57. The van der Waals surface area contributed by atoms with Gasteiger partial charge in [0.05, 0.1) is 24.4 Å². The van der Waals surface area contributed by atoms with Crippen LogP contribution in [0.4, 0.5) is 0 Å². The molecule has 2 fully saturated rings. The van der Waals surface area contributed by atoms with Crippen LogP contribution >= 0.6 is 0 Å². The van der Waals surface area contributed by atoms with Crippen LogP contribution in [-0.2, 0) is 9.47 Å². The zero-order chi connectivity index (χ0) is 16.7. The number of hydrogen-bond acceptors (Lipinski definition) is 5. The average Bonchev–Trinajstić information content (AvgIpc) is 2.53. The van der Waals surface area contributed by atoms with Gasteiger partial charge in [-0.25, -0.2) is 0 Å². The van der Waals surface area contributed by atoms with E-state index in [-0.39, 0.29) is 0 Å². The molecule has 0 amide bonds. The molecule has 0 spiro atoms. The molecule has 4 unspecified atom stereocenters. The van der Waals surface area contributed by atoms with E-state index in [9.17, 15) is 0 Å². The van der Waals surface area contributed by atoms with Crippen LogP contribution in [0.15, 0.2) is 0 Å². The van der Waals surface area contributed by atoms with Crippen LogP contribution in [0.3, 0.4) is 0 Å². The number of rotatable bonds is 8. The summed E-state index contributed by atoms with van der Waals surface area (Å²) in [6.07, 6.45) is 3.81. The van der Waals surface area contributed by atoms with E-state index in [1.54, 1.807) is 0 Å². The summed E-state index contributed by atoms with van der Waals surface area (Å²) < 4.78 is 11.8. The van der Waals surface area contributed by atoms with E-state index >= 15 is 0 Å². The number of nitrogens with one attached hydrogen (secondary N) is 1. The van der Waals surface area contributed by atoms with Gasteiger partial charge in [0, 0.05) is 52.4 Å². The Morgan fingerprint density at radius 2 is 1.26 bits per heavy atom. The van der Waals surface area contributed by atoms with Crippen molar-refractivity contribution >= 4 is 0 Å². The van der Waals surface area contributed by atoms with Gasteiger partial charge >= 0.3 is 0 Å². The normalized spacial score (nSPS) is 33.9. The molecular formula is C18H37N3O2. The second-order valence-electron chi connectivity index (χ2n) is 7.22. The van der Waals surface area contributed by atoms with E-state index in [4.69, 9.17) is 9.47 Å². The summed E-state index contributed by atoms with van der Waals surface area (Å²) in [5.41, 5.74) is 0. The van der Waals surface area contributed by atoms with E-state index in [1.165, 1.54) is 0 Å². The molecular weight excluding hydrogens is 290 g/mol. The van der Waals surface area contributed by atoms with Crippen LogP contribution in [0.2, 0.25) is 0 Å². The van der Waals surface area contributed by atoms with E-state index < -0.39 is 0 Å². The molecule has 23 heavy (non-hydrogen) atoms. The van der Waals surface area contributed by atoms with Gasteiger partial charge < -0.3 is 14.8 Å². The number of ether oxygens (including phenoxy) is 2. The Morgan fingerprint density at radius 1 is 0.783 bits per heavy atom. The lowest BCUT2D eigenvalue weighted by Crippen LogP contribution is -2.50. The maximum Gasteiger partial charge on any atom is 0.0703 e. The highest BCUT2D eigenvalue weighted by Gasteiger charge is 2.25. The predicted octanol–water partition coefficient (Wildman–Crippen LogP) is 1.57. The highest BCUT2D eigenvalue weighted by Crippen LogP contribution is 2.15. The summed E-state index contributed by atoms with van der Waals surface area (Å²) in [5, 5.41) is 3.61. The van der Waals surface area contributed by atoms with Crippen molar-refractivity contribution in [1.82, 2.24) is 15.1 Å². The highest BCUT2D eigenvalue weighted by molar-refractivity contribution is 4.77. The SMILES string of the molecule is CCC1CN(CCNCCN2CC(C)OC(C)C2)CC(CC)O1. The molecule has 0 aromatic heterocycles. The van der Waals surface area contributed by atoms with Gasteiger partial charge in [0.25, 0.3) is 0 Å². The van der Waals surface area contributed by atoms with Gasteiger partial charge in [0.1, 0.15) is 0 Å². The smallest absolute Gasteiger partial charge is 0.0703 e. The van der Waals surface area contributed by atoms with Crippen molar-refractivity contribution in [3.05, 3.63) is 0 Å². The molecule has 0 aromatic carbocycles. The fourth-order valence-electron chi connectivity index (χ4n) is 3.71. The van der Waals surface area contributed by atoms with Crippen molar-refractivity contribution in [2.75, 3.05) is 52.4 Å². The standard InChI is InChI=1S/C18H37N3O2/c1-5-17-13-21(14-18(6-2)23-17)10-8-19-7-9-20-11-15(3)22-16(4)12-20/h15-19H,5-14H2,1-4H3. The molecule has 0 saturated carbocycles. The third-order valence-corrected chi connectivity index (χ3v) is 4.92. The van der Waals surface area contributed by atoms with E-state index in [2.05, 4.69) is 42.8 Å². The van der Waals surface area contributed by atoms with Gasteiger partial charge in [0.15, 0.2) is 0 Å². The molecule has 5 nitrogen and oxygen atoms in total. The third-order valence-electron chi connectivity index (χ3n) is 4.92. The molecule has 0 bridgehead atoms. The lowest BCUT2D eigenvalue weighted by molar-refractivity contribution is -0.0865. The number of hydrogen-bond donors (Lipinski definition) is 1.